The van der Waals surface area contributed by atoms with E-state index in [2.05, 4.69) is 10.3 Å². The summed E-state index contributed by atoms with van der Waals surface area (Å²) in [4.78, 5) is 16.2. The third kappa shape index (κ3) is 3.58. The molecule has 0 spiro atoms. The van der Waals surface area contributed by atoms with Crippen molar-refractivity contribution in [1.82, 2.24) is 24.8 Å². The molecule has 10 heteroatoms. The molecule has 7 nitrogen and oxygen atoms in total. The molecule has 0 saturated carbocycles. The summed E-state index contributed by atoms with van der Waals surface area (Å²) in [6.45, 7) is 3.51. The molecule has 27 heavy (non-hydrogen) atoms. The molecule has 1 aromatic heterocycles. The molecule has 3 heterocycles. The van der Waals surface area contributed by atoms with Crippen LogP contribution in [-0.2, 0) is 10.9 Å². The molecule has 2 amide bonds. The van der Waals surface area contributed by atoms with Gasteiger partial charge in [-0.25, -0.2) is 9.48 Å². The van der Waals surface area contributed by atoms with Gasteiger partial charge >= 0.3 is 12.2 Å². The van der Waals surface area contributed by atoms with Gasteiger partial charge in [0.05, 0.1) is 30.3 Å². The van der Waals surface area contributed by atoms with E-state index in [1.54, 1.807) is 9.58 Å². The summed E-state index contributed by atoms with van der Waals surface area (Å²) in [5.74, 6) is 0. The van der Waals surface area contributed by atoms with Gasteiger partial charge in [-0.1, -0.05) is 5.21 Å². The number of benzene rings is 1. The van der Waals surface area contributed by atoms with E-state index >= 15 is 0 Å². The van der Waals surface area contributed by atoms with E-state index in [4.69, 9.17) is 4.74 Å². The molecule has 4 rings (SSSR count). The minimum atomic E-state index is -4.40. The lowest BCUT2D eigenvalue weighted by Crippen LogP contribution is -2.50. The maximum Gasteiger partial charge on any atom is 0.416 e. The molecule has 2 saturated heterocycles. The number of fused-ring (bicyclic) bond motifs is 1. The van der Waals surface area contributed by atoms with Gasteiger partial charge in [-0.05, 0) is 31.0 Å². The average molecular weight is 383 g/mol. The van der Waals surface area contributed by atoms with Crippen molar-refractivity contribution in [1.29, 1.82) is 0 Å². The number of ether oxygens (including phenoxy) is 1. The molecule has 1 aromatic carbocycles. The second-order valence-corrected chi connectivity index (χ2v) is 6.84. The minimum absolute atomic E-state index is 0.0143. The topological polar surface area (TPSA) is 63.5 Å². The van der Waals surface area contributed by atoms with Crippen molar-refractivity contribution in [2.75, 3.05) is 39.4 Å². The Morgan fingerprint density at radius 3 is 2.41 bits per heavy atom. The summed E-state index contributed by atoms with van der Waals surface area (Å²) in [5.41, 5.74) is 0.0885. The van der Waals surface area contributed by atoms with E-state index in [-0.39, 0.29) is 17.6 Å². The number of hydrogen-bond donors (Lipinski definition) is 0. The van der Waals surface area contributed by atoms with Crippen molar-refractivity contribution < 1.29 is 22.7 Å². The zero-order chi connectivity index (χ0) is 19.0. The Bertz CT molecular complexity index is 824. The van der Waals surface area contributed by atoms with Crippen molar-refractivity contribution in [3.63, 3.8) is 0 Å². The smallest absolute Gasteiger partial charge is 0.378 e. The highest BCUT2D eigenvalue weighted by molar-refractivity contribution is 5.76. The molecular formula is C17H20F3N5O2. The van der Waals surface area contributed by atoms with E-state index in [0.717, 1.165) is 12.1 Å². The molecule has 2 fully saturated rings. The second kappa shape index (κ2) is 6.99. The molecule has 2 aliphatic heterocycles. The number of morpholine rings is 1. The van der Waals surface area contributed by atoms with Crippen LogP contribution in [0.4, 0.5) is 18.0 Å². The van der Waals surface area contributed by atoms with Gasteiger partial charge in [0.15, 0.2) is 0 Å². The van der Waals surface area contributed by atoms with Crippen molar-refractivity contribution in [3.05, 3.63) is 23.8 Å². The highest BCUT2D eigenvalue weighted by atomic mass is 19.4. The largest absolute Gasteiger partial charge is 0.416 e. The first-order valence-corrected chi connectivity index (χ1v) is 8.97. The fourth-order valence-corrected chi connectivity index (χ4v) is 3.64. The number of likely N-dealkylation sites (tertiary alicyclic amines) is 1. The molecule has 0 bridgehead atoms. The number of halogens is 3. The van der Waals surface area contributed by atoms with Gasteiger partial charge in [-0.3, -0.25) is 0 Å². The maximum atomic E-state index is 12.8. The highest BCUT2D eigenvalue weighted by Crippen LogP contribution is 2.32. The van der Waals surface area contributed by atoms with E-state index in [1.165, 1.54) is 6.07 Å². The van der Waals surface area contributed by atoms with E-state index in [1.807, 2.05) is 4.90 Å². The van der Waals surface area contributed by atoms with Gasteiger partial charge in [0.25, 0.3) is 0 Å². The predicted molar refractivity (Wildman–Crippen MR) is 90.2 cm³/mol. The Hall–Kier alpha value is -2.36. The molecule has 2 aliphatic rings. The van der Waals surface area contributed by atoms with E-state index in [0.29, 0.717) is 57.8 Å². The lowest BCUT2D eigenvalue weighted by atomic mass is 10.0. The monoisotopic (exact) mass is 383 g/mol. The van der Waals surface area contributed by atoms with E-state index < -0.39 is 11.7 Å². The van der Waals surface area contributed by atoms with Gasteiger partial charge in [-0.2, -0.15) is 13.2 Å². The van der Waals surface area contributed by atoms with Gasteiger partial charge in [0, 0.05) is 26.2 Å². The first kappa shape index (κ1) is 18.0. The van der Waals surface area contributed by atoms with Gasteiger partial charge < -0.3 is 14.5 Å². The third-order valence-electron chi connectivity index (χ3n) is 5.16. The number of amides is 2. The quantitative estimate of drug-likeness (QED) is 0.759. The van der Waals surface area contributed by atoms with Crippen molar-refractivity contribution >= 4 is 17.1 Å². The number of piperidine rings is 1. The van der Waals surface area contributed by atoms with Crippen LogP contribution in [0.3, 0.4) is 0 Å². The van der Waals surface area contributed by atoms with Gasteiger partial charge in [0.2, 0.25) is 0 Å². The van der Waals surface area contributed by atoms with Crippen LogP contribution >= 0.6 is 0 Å². The molecule has 0 atom stereocenters. The van der Waals surface area contributed by atoms with Gasteiger partial charge in [0.1, 0.15) is 5.52 Å². The number of carbonyl (C=O) groups is 1. The van der Waals surface area contributed by atoms with Gasteiger partial charge in [-0.15, -0.1) is 5.10 Å². The number of nitrogens with zero attached hydrogens (tertiary/aromatic N) is 5. The number of carbonyl (C=O) groups excluding carboxylic acids is 1. The maximum absolute atomic E-state index is 12.8. The molecule has 0 radical (unpaired) electrons. The van der Waals surface area contributed by atoms with Crippen LogP contribution in [-0.4, -0.2) is 70.2 Å². The summed E-state index contributed by atoms with van der Waals surface area (Å²) in [6, 6.07) is 3.54. The van der Waals surface area contributed by atoms with Crippen molar-refractivity contribution in [2.45, 2.75) is 25.1 Å². The molecule has 2 aromatic rings. The zero-order valence-corrected chi connectivity index (χ0v) is 14.7. The van der Waals surface area contributed by atoms with Crippen LogP contribution in [0.25, 0.3) is 11.0 Å². The van der Waals surface area contributed by atoms with Crippen molar-refractivity contribution in [3.8, 4) is 0 Å². The van der Waals surface area contributed by atoms with Crippen LogP contribution < -0.4 is 0 Å². The van der Waals surface area contributed by atoms with Crippen LogP contribution in [0.15, 0.2) is 18.2 Å². The van der Waals surface area contributed by atoms with Crippen LogP contribution in [0, 0.1) is 0 Å². The number of alkyl halides is 3. The SMILES string of the molecule is O=C(N1CCOCC1)N1CCC(n2nnc3cc(C(F)(F)F)ccc32)CC1. The van der Waals surface area contributed by atoms with Crippen LogP contribution in [0.5, 0.6) is 0 Å². The standard InChI is InChI=1S/C17H20F3N5O2/c18-17(19,20)12-1-2-15-14(11-12)21-22-25(15)13-3-5-23(6-4-13)16(26)24-7-9-27-10-8-24/h1-2,11,13H,3-10H2. The Labute approximate surface area is 153 Å². The number of hydrogen-bond acceptors (Lipinski definition) is 4. The average Bonchev–Trinajstić information content (AvgIpc) is 3.11. The minimum Gasteiger partial charge on any atom is -0.378 e. The summed E-state index contributed by atoms with van der Waals surface area (Å²) < 4.78 is 45.5. The number of aromatic nitrogens is 3. The van der Waals surface area contributed by atoms with Crippen LogP contribution in [0.1, 0.15) is 24.4 Å². The fourth-order valence-electron chi connectivity index (χ4n) is 3.64. The summed E-state index contributed by atoms with van der Waals surface area (Å²) in [7, 11) is 0. The Balaban J connectivity index is 1.44. The fraction of sp³-hybridized carbons (Fsp3) is 0.588. The third-order valence-corrected chi connectivity index (χ3v) is 5.16. The molecule has 0 N–H and O–H groups in total. The lowest BCUT2D eigenvalue weighted by molar-refractivity contribution is -0.137. The Kier molecular flexibility index (Phi) is 4.67. The van der Waals surface area contributed by atoms with Crippen LogP contribution in [0.2, 0.25) is 0 Å². The Morgan fingerprint density at radius 1 is 1.07 bits per heavy atom. The zero-order valence-electron chi connectivity index (χ0n) is 14.7. The molecule has 146 valence electrons. The highest BCUT2D eigenvalue weighted by Gasteiger charge is 2.32. The summed E-state index contributed by atoms with van der Waals surface area (Å²) in [5, 5.41) is 7.98. The first-order chi connectivity index (χ1) is 12.9. The molecule has 0 aliphatic carbocycles. The summed E-state index contributed by atoms with van der Waals surface area (Å²) in [6.07, 6.45) is -3.02. The predicted octanol–water partition coefficient (Wildman–Crippen LogP) is 2.54. The molecular weight excluding hydrogens is 363 g/mol. The summed E-state index contributed by atoms with van der Waals surface area (Å²) >= 11 is 0. The normalized spacial score (nSPS) is 19.7. The first-order valence-electron chi connectivity index (χ1n) is 8.97. The lowest BCUT2D eigenvalue weighted by Gasteiger charge is -2.37. The Morgan fingerprint density at radius 2 is 1.74 bits per heavy atom. The second-order valence-electron chi connectivity index (χ2n) is 6.84. The van der Waals surface area contributed by atoms with Crippen molar-refractivity contribution in [2.24, 2.45) is 0 Å². The molecule has 0 unspecified atom stereocenters. The number of rotatable bonds is 1. The van der Waals surface area contributed by atoms with E-state index in [9.17, 15) is 18.0 Å². The number of urea groups is 1.